The van der Waals surface area contributed by atoms with Crippen LogP contribution < -0.4 is 0 Å². The van der Waals surface area contributed by atoms with Gasteiger partial charge in [-0.25, -0.2) is 3.93 Å². The molecule has 2 aromatic carbocycles. The molecule has 1 fully saturated rings. The predicted molar refractivity (Wildman–Crippen MR) is 83.4 cm³/mol. The van der Waals surface area contributed by atoms with Gasteiger partial charge in [0, 0.05) is 34.7 Å². The molecule has 0 atom stereocenters. The first-order chi connectivity index (χ1) is 9.31. The molecule has 0 amide bonds. The molecular formula is C17H18BrN. The molecule has 2 heteroatoms. The first-order valence-electron chi connectivity index (χ1n) is 6.83. The molecule has 98 valence electrons. The lowest BCUT2D eigenvalue weighted by Crippen LogP contribution is -2.39. The average Bonchev–Trinajstić information content (AvgIpc) is 2.50. The highest BCUT2D eigenvalue weighted by Gasteiger charge is 2.37. The summed E-state index contributed by atoms with van der Waals surface area (Å²) < 4.78 is 2.25. The summed E-state index contributed by atoms with van der Waals surface area (Å²) in [4.78, 5) is 0. The fourth-order valence-corrected chi connectivity index (χ4v) is 3.47. The van der Waals surface area contributed by atoms with Crippen LogP contribution in [0.4, 0.5) is 0 Å². The summed E-state index contributed by atoms with van der Waals surface area (Å²) in [5, 5.41) is 0. The van der Waals surface area contributed by atoms with Crippen LogP contribution in [0.1, 0.15) is 24.0 Å². The monoisotopic (exact) mass is 315 g/mol. The highest BCUT2D eigenvalue weighted by molar-refractivity contribution is 9.07. The SMILES string of the molecule is BrN1CCC(c2ccccc2)(c2ccccc2)CC1. The Balaban J connectivity index is 2.06. The number of halogens is 1. The van der Waals surface area contributed by atoms with E-state index in [-0.39, 0.29) is 5.41 Å². The molecule has 0 N–H and O–H groups in total. The van der Waals surface area contributed by atoms with Crippen LogP contribution in [0.5, 0.6) is 0 Å². The van der Waals surface area contributed by atoms with Gasteiger partial charge in [-0.1, -0.05) is 60.7 Å². The van der Waals surface area contributed by atoms with Crippen molar-refractivity contribution in [1.82, 2.24) is 3.93 Å². The van der Waals surface area contributed by atoms with Gasteiger partial charge in [0.25, 0.3) is 0 Å². The molecule has 0 aliphatic carbocycles. The van der Waals surface area contributed by atoms with Gasteiger partial charge in [0.1, 0.15) is 0 Å². The molecule has 0 saturated carbocycles. The van der Waals surface area contributed by atoms with Crippen LogP contribution in [0.2, 0.25) is 0 Å². The Bertz CT molecular complexity index is 474. The van der Waals surface area contributed by atoms with Gasteiger partial charge in [-0.05, 0) is 24.0 Å². The van der Waals surface area contributed by atoms with Crippen LogP contribution in [0.25, 0.3) is 0 Å². The molecular weight excluding hydrogens is 298 g/mol. The molecule has 0 radical (unpaired) electrons. The highest BCUT2D eigenvalue weighted by Crippen LogP contribution is 2.42. The van der Waals surface area contributed by atoms with Crippen LogP contribution in [-0.4, -0.2) is 17.0 Å². The van der Waals surface area contributed by atoms with Crippen molar-refractivity contribution in [3.8, 4) is 0 Å². The van der Waals surface area contributed by atoms with E-state index in [0.29, 0.717) is 0 Å². The molecule has 0 unspecified atom stereocenters. The zero-order chi connectivity index (χ0) is 13.1. The van der Waals surface area contributed by atoms with Crippen molar-refractivity contribution in [2.45, 2.75) is 18.3 Å². The van der Waals surface area contributed by atoms with E-state index in [1.165, 1.54) is 11.1 Å². The number of hydrogen-bond acceptors (Lipinski definition) is 1. The van der Waals surface area contributed by atoms with Gasteiger partial charge in [0.15, 0.2) is 0 Å². The molecule has 2 aromatic rings. The molecule has 0 bridgehead atoms. The number of benzene rings is 2. The van der Waals surface area contributed by atoms with E-state index in [1.807, 2.05) is 0 Å². The Morgan fingerprint density at radius 1 is 0.737 bits per heavy atom. The van der Waals surface area contributed by atoms with Crippen LogP contribution in [0, 0.1) is 0 Å². The highest BCUT2D eigenvalue weighted by atomic mass is 79.9. The maximum atomic E-state index is 3.62. The van der Waals surface area contributed by atoms with E-state index >= 15 is 0 Å². The van der Waals surface area contributed by atoms with Crippen molar-refractivity contribution in [1.29, 1.82) is 0 Å². The zero-order valence-corrected chi connectivity index (χ0v) is 12.5. The van der Waals surface area contributed by atoms with Gasteiger partial charge >= 0.3 is 0 Å². The molecule has 0 spiro atoms. The largest absolute Gasteiger partial charge is 0.242 e. The Hall–Kier alpha value is -1.12. The molecule has 3 rings (SSSR count). The molecule has 1 aliphatic rings. The van der Waals surface area contributed by atoms with E-state index in [9.17, 15) is 0 Å². The lowest BCUT2D eigenvalue weighted by atomic mass is 9.68. The van der Waals surface area contributed by atoms with E-state index < -0.39 is 0 Å². The second-order valence-corrected chi connectivity index (χ2v) is 6.23. The third kappa shape index (κ3) is 2.47. The first-order valence-corrected chi connectivity index (χ1v) is 7.54. The molecule has 0 aromatic heterocycles. The summed E-state index contributed by atoms with van der Waals surface area (Å²) in [6, 6.07) is 21.9. The average molecular weight is 316 g/mol. The summed E-state index contributed by atoms with van der Waals surface area (Å²) in [6.07, 6.45) is 2.32. The second kappa shape index (κ2) is 5.48. The van der Waals surface area contributed by atoms with E-state index in [1.54, 1.807) is 0 Å². The van der Waals surface area contributed by atoms with Gasteiger partial charge in [0.05, 0.1) is 0 Å². The maximum Gasteiger partial charge on any atom is 0.0227 e. The quantitative estimate of drug-likeness (QED) is 0.743. The fourth-order valence-electron chi connectivity index (χ4n) is 3.12. The predicted octanol–water partition coefficient (Wildman–Crippen LogP) is 4.38. The Labute approximate surface area is 123 Å². The summed E-state index contributed by atoms with van der Waals surface area (Å²) in [7, 11) is 0. The minimum atomic E-state index is 0.173. The zero-order valence-electron chi connectivity index (χ0n) is 10.9. The Morgan fingerprint density at radius 2 is 1.16 bits per heavy atom. The minimum Gasteiger partial charge on any atom is -0.242 e. The number of hydrogen-bond donors (Lipinski definition) is 0. The van der Waals surface area contributed by atoms with E-state index in [4.69, 9.17) is 0 Å². The Morgan fingerprint density at radius 3 is 1.58 bits per heavy atom. The lowest BCUT2D eigenvalue weighted by molar-refractivity contribution is 0.289. The Kier molecular flexibility index (Phi) is 3.72. The van der Waals surface area contributed by atoms with Crippen molar-refractivity contribution in [2.24, 2.45) is 0 Å². The molecule has 19 heavy (non-hydrogen) atoms. The van der Waals surface area contributed by atoms with Crippen molar-refractivity contribution >= 4 is 16.1 Å². The topological polar surface area (TPSA) is 3.24 Å². The molecule has 1 heterocycles. The van der Waals surface area contributed by atoms with Gasteiger partial charge in [0.2, 0.25) is 0 Å². The summed E-state index contributed by atoms with van der Waals surface area (Å²) >= 11 is 3.62. The van der Waals surface area contributed by atoms with Crippen molar-refractivity contribution in [2.75, 3.05) is 13.1 Å². The first kappa shape index (κ1) is 12.9. The lowest BCUT2D eigenvalue weighted by Gasteiger charge is -2.41. The van der Waals surface area contributed by atoms with Crippen molar-refractivity contribution in [3.05, 3.63) is 71.8 Å². The fraction of sp³-hybridized carbons (Fsp3) is 0.294. The minimum absolute atomic E-state index is 0.173. The van der Waals surface area contributed by atoms with E-state index in [0.717, 1.165) is 25.9 Å². The summed E-state index contributed by atoms with van der Waals surface area (Å²) in [6.45, 7) is 2.17. The maximum absolute atomic E-state index is 3.62. The van der Waals surface area contributed by atoms with Crippen LogP contribution >= 0.6 is 16.1 Å². The summed E-state index contributed by atoms with van der Waals surface area (Å²) in [5.41, 5.74) is 3.07. The van der Waals surface area contributed by atoms with Crippen LogP contribution in [0.15, 0.2) is 60.7 Å². The van der Waals surface area contributed by atoms with Gasteiger partial charge < -0.3 is 0 Å². The molecule has 1 aliphatic heterocycles. The number of piperidine rings is 1. The van der Waals surface area contributed by atoms with Crippen LogP contribution in [0.3, 0.4) is 0 Å². The van der Waals surface area contributed by atoms with Crippen molar-refractivity contribution in [3.63, 3.8) is 0 Å². The number of nitrogens with zero attached hydrogens (tertiary/aromatic N) is 1. The smallest absolute Gasteiger partial charge is 0.0227 e. The third-order valence-electron chi connectivity index (χ3n) is 4.22. The van der Waals surface area contributed by atoms with Gasteiger partial charge in [-0.3, -0.25) is 0 Å². The normalized spacial score (nSPS) is 19.2. The summed E-state index contributed by atoms with van der Waals surface area (Å²) in [5.74, 6) is 0. The van der Waals surface area contributed by atoms with Crippen molar-refractivity contribution < 1.29 is 0 Å². The van der Waals surface area contributed by atoms with Crippen LogP contribution in [-0.2, 0) is 5.41 Å². The second-order valence-electron chi connectivity index (χ2n) is 5.22. The number of rotatable bonds is 2. The third-order valence-corrected chi connectivity index (χ3v) is 4.92. The molecule has 1 nitrogen and oxygen atoms in total. The molecule has 1 saturated heterocycles. The van der Waals surface area contributed by atoms with E-state index in [2.05, 4.69) is 80.7 Å². The van der Waals surface area contributed by atoms with Gasteiger partial charge in [-0.2, -0.15) is 0 Å². The van der Waals surface area contributed by atoms with Gasteiger partial charge in [-0.15, -0.1) is 0 Å². The standard InChI is InChI=1S/C17H18BrN/c18-19-13-11-17(12-14-19,15-7-3-1-4-8-15)16-9-5-2-6-10-16/h1-10H,11-14H2.